The molecule has 3 aromatic heterocycles. The van der Waals surface area contributed by atoms with Crippen LogP contribution in [0.25, 0.3) is 11.3 Å². The number of rotatable bonds is 7. The van der Waals surface area contributed by atoms with Crippen LogP contribution in [0.5, 0.6) is 0 Å². The van der Waals surface area contributed by atoms with Gasteiger partial charge in [-0.2, -0.15) is 0 Å². The van der Waals surface area contributed by atoms with Crippen molar-refractivity contribution in [3.05, 3.63) is 95.5 Å². The van der Waals surface area contributed by atoms with Crippen molar-refractivity contribution in [1.82, 2.24) is 15.0 Å². The second kappa shape index (κ2) is 9.24. The van der Waals surface area contributed by atoms with E-state index in [0.717, 1.165) is 30.0 Å². The first kappa shape index (κ1) is 19.7. The van der Waals surface area contributed by atoms with E-state index in [1.807, 2.05) is 42.7 Å². The number of H-pyrrole nitrogens is 1. The van der Waals surface area contributed by atoms with Gasteiger partial charge < -0.3 is 15.6 Å². The largest absolute Gasteiger partial charge is 0.370 e. The fraction of sp³-hybridized carbons (Fsp3) is 0.0870. The fourth-order valence-corrected chi connectivity index (χ4v) is 3.22. The molecule has 0 saturated carbocycles. The Hall–Kier alpha value is -3.64. The third-order valence-electron chi connectivity index (χ3n) is 4.57. The van der Waals surface area contributed by atoms with E-state index in [2.05, 4.69) is 25.6 Å². The highest BCUT2D eigenvalue weighted by Gasteiger charge is 2.10. The molecule has 1 amide bonds. The summed E-state index contributed by atoms with van der Waals surface area (Å²) in [6, 6.07) is 16.5. The molecule has 0 spiro atoms. The van der Waals surface area contributed by atoms with Gasteiger partial charge in [0.15, 0.2) is 0 Å². The number of carbonyl (C=O) groups is 1. The molecule has 0 aliphatic carbocycles. The highest BCUT2D eigenvalue weighted by molar-refractivity contribution is 6.33. The first-order valence-electron chi connectivity index (χ1n) is 9.53. The molecule has 6 nitrogen and oxygen atoms in total. The Kier molecular flexibility index (Phi) is 6.06. The summed E-state index contributed by atoms with van der Waals surface area (Å²) in [4.78, 5) is 24.3. The molecular weight excluding hydrogens is 398 g/mol. The SMILES string of the molecule is O=C(Nc1ccc(Cl)c(-c2ccccn2)c1)c1ccc(NCCc2cc[nH]c2)nc1. The van der Waals surface area contributed by atoms with Crippen molar-refractivity contribution in [2.24, 2.45) is 0 Å². The molecule has 0 unspecified atom stereocenters. The summed E-state index contributed by atoms with van der Waals surface area (Å²) >= 11 is 6.30. The minimum Gasteiger partial charge on any atom is -0.370 e. The van der Waals surface area contributed by atoms with Gasteiger partial charge in [0, 0.05) is 42.6 Å². The average Bonchev–Trinajstić information content (AvgIpc) is 3.30. The minimum absolute atomic E-state index is 0.240. The quantitative estimate of drug-likeness (QED) is 0.393. The number of nitrogens with zero attached hydrogens (tertiary/aromatic N) is 2. The summed E-state index contributed by atoms with van der Waals surface area (Å²) < 4.78 is 0. The highest BCUT2D eigenvalue weighted by atomic mass is 35.5. The van der Waals surface area contributed by atoms with Crippen LogP contribution < -0.4 is 10.6 Å². The van der Waals surface area contributed by atoms with Crippen LogP contribution >= 0.6 is 11.6 Å². The van der Waals surface area contributed by atoms with E-state index in [-0.39, 0.29) is 5.91 Å². The molecule has 7 heteroatoms. The molecule has 4 aromatic rings. The van der Waals surface area contributed by atoms with E-state index in [1.165, 1.54) is 5.56 Å². The molecule has 0 fully saturated rings. The van der Waals surface area contributed by atoms with Crippen molar-refractivity contribution >= 4 is 29.0 Å². The molecule has 30 heavy (non-hydrogen) atoms. The van der Waals surface area contributed by atoms with Gasteiger partial charge in [-0.1, -0.05) is 17.7 Å². The van der Waals surface area contributed by atoms with Crippen LogP contribution in [-0.4, -0.2) is 27.4 Å². The second-order valence-corrected chi connectivity index (χ2v) is 7.10. The zero-order chi connectivity index (χ0) is 20.8. The van der Waals surface area contributed by atoms with Crippen molar-refractivity contribution in [2.45, 2.75) is 6.42 Å². The fourth-order valence-electron chi connectivity index (χ4n) is 3.01. The summed E-state index contributed by atoms with van der Waals surface area (Å²) in [6.45, 7) is 0.761. The lowest BCUT2D eigenvalue weighted by molar-refractivity contribution is 0.102. The maximum atomic E-state index is 12.6. The second-order valence-electron chi connectivity index (χ2n) is 6.69. The van der Waals surface area contributed by atoms with Crippen molar-refractivity contribution in [1.29, 1.82) is 0 Å². The van der Waals surface area contributed by atoms with Gasteiger partial charge in [0.05, 0.1) is 16.3 Å². The molecule has 150 valence electrons. The lowest BCUT2D eigenvalue weighted by atomic mass is 10.1. The molecule has 0 aliphatic heterocycles. The van der Waals surface area contributed by atoms with Gasteiger partial charge in [-0.3, -0.25) is 9.78 Å². The number of aromatic amines is 1. The van der Waals surface area contributed by atoms with E-state index < -0.39 is 0 Å². The maximum absolute atomic E-state index is 12.6. The van der Waals surface area contributed by atoms with Gasteiger partial charge in [-0.15, -0.1) is 0 Å². The molecular formula is C23H20ClN5O. The molecule has 0 bridgehead atoms. The van der Waals surface area contributed by atoms with E-state index >= 15 is 0 Å². The lowest BCUT2D eigenvalue weighted by Gasteiger charge is -2.10. The molecule has 4 rings (SSSR count). The standard InChI is InChI=1S/C23H20ClN5O/c24-20-6-5-18(13-19(20)21-3-1-2-10-26-21)29-23(30)17-4-7-22(28-15-17)27-12-9-16-8-11-25-14-16/h1-8,10-11,13-15,25H,9,12H2,(H,27,28)(H,29,30). The number of amides is 1. The predicted octanol–water partition coefficient (Wildman–Crippen LogP) is 5.03. The summed E-state index contributed by atoms with van der Waals surface area (Å²) in [5.74, 6) is 0.488. The van der Waals surface area contributed by atoms with Gasteiger partial charge in [0.1, 0.15) is 5.82 Å². The smallest absolute Gasteiger partial charge is 0.257 e. The van der Waals surface area contributed by atoms with Gasteiger partial charge in [-0.05, 0) is 60.5 Å². The zero-order valence-electron chi connectivity index (χ0n) is 16.1. The third-order valence-corrected chi connectivity index (χ3v) is 4.90. The normalized spacial score (nSPS) is 10.6. The van der Waals surface area contributed by atoms with Crippen molar-refractivity contribution < 1.29 is 4.79 Å². The number of aromatic nitrogens is 3. The molecule has 0 atom stereocenters. The monoisotopic (exact) mass is 417 g/mol. The molecule has 1 aromatic carbocycles. The zero-order valence-corrected chi connectivity index (χ0v) is 16.9. The Morgan fingerprint density at radius 1 is 1.07 bits per heavy atom. The third kappa shape index (κ3) is 4.85. The summed E-state index contributed by atoms with van der Waals surface area (Å²) in [6.07, 6.45) is 8.03. The number of carbonyl (C=O) groups excluding carboxylic acids is 1. The van der Waals surface area contributed by atoms with Crippen LogP contribution in [0.3, 0.4) is 0 Å². The van der Waals surface area contributed by atoms with Crippen LogP contribution in [0.2, 0.25) is 5.02 Å². The number of hydrogen-bond donors (Lipinski definition) is 3. The van der Waals surface area contributed by atoms with Gasteiger partial charge in [0.25, 0.3) is 5.91 Å². The number of halogens is 1. The van der Waals surface area contributed by atoms with Crippen molar-refractivity contribution in [3.63, 3.8) is 0 Å². The van der Waals surface area contributed by atoms with Gasteiger partial charge in [0.2, 0.25) is 0 Å². The highest BCUT2D eigenvalue weighted by Crippen LogP contribution is 2.29. The van der Waals surface area contributed by atoms with Crippen LogP contribution in [-0.2, 0) is 6.42 Å². The number of hydrogen-bond acceptors (Lipinski definition) is 4. The summed E-state index contributed by atoms with van der Waals surface area (Å²) in [5.41, 5.74) is 3.84. The first-order chi connectivity index (χ1) is 14.7. The molecule has 3 N–H and O–H groups in total. The Labute approximate surface area is 179 Å². The van der Waals surface area contributed by atoms with Gasteiger partial charge in [-0.25, -0.2) is 4.98 Å². The molecule has 0 saturated heterocycles. The summed E-state index contributed by atoms with van der Waals surface area (Å²) in [7, 11) is 0. The Morgan fingerprint density at radius 2 is 2.00 bits per heavy atom. The van der Waals surface area contributed by atoms with E-state index in [9.17, 15) is 4.79 Å². The lowest BCUT2D eigenvalue weighted by Crippen LogP contribution is -2.13. The molecule has 0 aliphatic rings. The number of nitrogens with one attached hydrogen (secondary N) is 3. The van der Waals surface area contributed by atoms with E-state index in [0.29, 0.717) is 16.3 Å². The first-order valence-corrected chi connectivity index (χ1v) is 9.91. The Morgan fingerprint density at radius 3 is 2.73 bits per heavy atom. The number of benzene rings is 1. The van der Waals surface area contributed by atoms with Crippen molar-refractivity contribution in [3.8, 4) is 11.3 Å². The average molecular weight is 418 g/mol. The van der Waals surface area contributed by atoms with Gasteiger partial charge >= 0.3 is 0 Å². The minimum atomic E-state index is -0.240. The van der Waals surface area contributed by atoms with Crippen LogP contribution in [0, 0.1) is 0 Å². The maximum Gasteiger partial charge on any atom is 0.257 e. The number of pyridine rings is 2. The number of anilines is 2. The molecule has 3 heterocycles. The Balaban J connectivity index is 1.39. The van der Waals surface area contributed by atoms with Crippen LogP contribution in [0.4, 0.5) is 11.5 Å². The topological polar surface area (TPSA) is 82.7 Å². The van der Waals surface area contributed by atoms with E-state index in [1.54, 1.807) is 36.7 Å². The van der Waals surface area contributed by atoms with Crippen LogP contribution in [0.1, 0.15) is 15.9 Å². The van der Waals surface area contributed by atoms with E-state index in [4.69, 9.17) is 11.6 Å². The van der Waals surface area contributed by atoms with Crippen LogP contribution in [0.15, 0.2) is 79.4 Å². The summed E-state index contributed by atoms with van der Waals surface area (Å²) in [5, 5.41) is 6.71. The predicted molar refractivity (Wildman–Crippen MR) is 120 cm³/mol. The van der Waals surface area contributed by atoms with Crippen molar-refractivity contribution in [2.75, 3.05) is 17.2 Å². The molecule has 0 radical (unpaired) electrons. The Bertz CT molecular complexity index is 1110.